The molecule has 2 aromatic rings. The molecule has 0 aromatic carbocycles. The normalized spacial score (nSPS) is 22.4. The Hall–Kier alpha value is -1.69. The third-order valence-electron chi connectivity index (χ3n) is 4.43. The molecule has 1 aliphatic rings. The van der Waals surface area contributed by atoms with Crippen molar-refractivity contribution in [1.29, 1.82) is 0 Å². The number of rotatable bonds is 2. The van der Waals surface area contributed by atoms with Gasteiger partial charge in [0.15, 0.2) is 4.96 Å². The number of carbonyl (C=O) groups is 1. The molecule has 1 saturated carbocycles. The molecule has 1 amide bonds. The smallest absolute Gasteiger partial charge is 0.271 e. The number of carbonyl (C=O) groups excluding carboxylic acids is 1. The fraction of sp³-hybridized carbons (Fsp3) is 0.533. The lowest BCUT2D eigenvalue weighted by molar-refractivity contribution is 0.0677. The summed E-state index contributed by atoms with van der Waals surface area (Å²) in [5, 5.41) is 1.80. The van der Waals surface area contributed by atoms with E-state index in [2.05, 4.69) is 11.9 Å². The van der Waals surface area contributed by atoms with E-state index < -0.39 is 0 Å². The van der Waals surface area contributed by atoms with Gasteiger partial charge in [-0.2, -0.15) is 0 Å². The van der Waals surface area contributed by atoms with Gasteiger partial charge in [-0.05, 0) is 31.6 Å². The first kappa shape index (κ1) is 14.3. The third kappa shape index (κ3) is 2.60. The number of hydrogen-bond acceptors (Lipinski definition) is 4. The highest BCUT2D eigenvalue weighted by molar-refractivity contribution is 7.15. The highest BCUT2D eigenvalue weighted by atomic mass is 32.1. The molecule has 0 unspecified atom stereocenters. The van der Waals surface area contributed by atoms with E-state index in [1.165, 1.54) is 21.9 Å². The van der Waals surface area contributed by atoms with Crippen LogP contribution in [-0.4, -0.2) is 33.3 Å². The minimum Gasteiger partial charge on any atom is -0.339 e. The summed E-state index contributed by atoms with van der Waals surface area (Å²) in [6, 6.07) is 0.233. The first-order chi connectivity index (χ1) is 10.1. The second-order valence-electron chi connectivity index (χ2n) is 5.86. The third-order valence-corrected chi connectivity index (χ3v) is 5.20. The van der Waals surface area contributed by atoms with E-state index >= 15 is 0 Å². The van der Waals surface area contributed by atoms with Gasteiger partial charge in [0.25, 0.3) is 11.5 Å². The van der Waals surface area contributed by atoms with Gasteiger partial charge in [0.2, 0.25) is 0 Å². The van der Waals surface area contributed by atoms with Crippen molar-refractivity contribution in [3.63, 3.8) is 0 Å². The van der Waals surface area contributed by atoms with E-state index in [9.17, 15) is 9.59 Å². The number of fused-ring (bicyclic) bond motifs is 1. The number of amides is 1. The Kier molecular flexibility index (Phi) is 3.80. The second-order valence-corrected chi connectivity index (χ2v) is 6.74. The van der Waals surface area contributed by atoms with Crippen LogP contribution in [0.3, 0.4) is 0 Å². The van der Waals surface area contributed by atoms with Crippen molar-refractivity contribution in [2.24, 2.45) is 5.92 Å². The maximum atomic E-state index is 12.6. The van der Waals surface area contributed by atoms with Gasteiger partial charge in [0.1, 0.15) is 5.56 Å². The zero-order valence-electron chi connectivity index (χ0n) is 12.3. The predicted octanol–water partition coefficient (Wildman–Crippen LogP) is 2.41. The molecule has 0 spiro atoms. The molecule has 1 fully saturated rings. The van der Waals surface area contributed by atoms with Crippen molar-refractivity contribution in [2.75, 3.05) is 7.05 Å². The number of thiazole rings is 1. The molecule has 112 valence electrons. The minimum atomic E-state index is -0.276. The van der Waals surface area contributed by atoms with Crippen LogP contribution in [0.1, 0.15) is 43.0 Å². The van der Waals surface area contributed by atoms with Crippen LogP contribution in [0.4, 0.5) is 0 Å². The molecule has 3 rings (SSSR count). The molecule has 0 atom stereocenters. The molecule has 2 heterocycles. The average molecular weight is 305 g/mol. The van der Waals surface area contributed by atoms with Crippen LogP contribution in [0, 0.1) is 5.92 Å². The maximum absolute atomic E-state index is 12.6. The first-order valence-electron chi connectivity index (χ1n) is 7.30. The van der Waals surface area contributed by atoms with Gasteiger partial charge >= 0.3 is 0 Å². The van der Waals surface area contributed by atoms with Crippen LogP contribution < -0.4 is 5.56 Å². The fourth-order valence-corrected chi connectivity index (χ4v) is 3.63. The summed E-state index contributed by atoms with van der Waals surface area (Å²) in [6.45, 7) is 2.25. The maximum Gasteiger partial charge on any atom is 0.271 e. The first-order valence-corrected chi connectivity index (χ1v) is 8.18. The zero-order valence-corrected chi connectivity index (χ0v) is 13.1. The molecular formula is C15H19N3O2S. The van der Waals surface area contributed by atoms with Crippen molar-refractivity contribution in [3.05, 3.63) is 33.7 Å². The Labute approximate surface area is 127 Å². The molecule has 1 aliphatic carbocycles. The molecular weight excluding hydrogens is 286 g/mol. The summed E-state index contributed by atoms with van der Waals surface area (Å²) in [4.78, 5) is 31.5. The Morgan fingerprint density at radius 2 is 2.10 bits per heavy atom. The lowest BCUT2D eigenvalue weighted by Gasteiger charge is -2.33. The van der Waals surface area contributed by atoms with Crippen molar-refractivity contribution in [2.45, 2.75) is 38.6 Å². The molecule has 21 heavy (non-hydrogen) atoms. The molecule has 0 saturated heterocycles. The Bertz CT molecular complexity index is 713. The molecule has 5 nitrogen and oxygen atoms in total. The zero-order chi connectivity index (χ0) is 15.0. The predicted molar refractivity (Wildman–Crippen MR) is 82.9 cm³/mol. The van der Waals surface area contributed by atoms with E-state index in [4.69, 9.17) is 0 Å². The highest BCUT2D eigenvalue weighted by Gasteiger charge is 2.27. The van der Waals surface area contributed by atoms with E-state index in [1.807, 2.05) is 0 Å². The minimum absolute atomic E-state index is 0.159. The number of nitrogens with zero attached hydrogens (tertiary/aromatic N) is 3. The van der Waals surface area contributed by atoms with Crippen molar-refractivity contribution in [1.82, 2.24) is 14.3 Å². The summed E-state index contributed by atoms with van der Waals surface area (Å²) in [7, 11) is 1.80. The van der Waals surface area contributed by atoms with Crippen molar-refractivity contribution < 1.29 is 4.79 Å². The van der Waals surface area contributed by atoms with Crippen LogP contribution in [-0.2, 0) is 0 Å². The number of aromatic nitrogens is 2. The Morgan fingerprint density at radius 3 is 2.81 bits per heavy atom. The SMILES string of the molecule is CC1CCC(N(C)C(=O)c2cnc3sccn3c2=O)CC1. The van der Waals surface area contributed by atoms with E-state index in [1.54, 1.807) is 23.5 Å². The van der Waals surface area contributed by atoms with Gasteiger partial charge in [-0.1, -0.05) is 6.92 Å². The van der Waals surface area contributed by atoms with Crippen LogP contribution in [0.25, 0.3) is 4.96 Å². The van der Waals surface area contributed by atoms with Gasteiger partial charge in [0.05, 0.1) is 0 Å². The van der Waals surface area contributed by atoms with Crippen molar-refractivity contribution in [3.8, 4) is 0 Å². The highest BCUT2D eigenvalue weighted by Crippen LogP contribution is 2.26. The summed E-state index contributed by atoms with van der Waals surface area (Å²) in [6.07, 6.45) is 7.39. The van der Waals surface area contributed by atoms with Crippen LogP contribution in [0.5, 0.6) is 0 Å². The second kappa shape index (κ2) is 5.60. The van der Waals surface area contributed by atoms with Crippen LogP contribution in [0.15, 0.2) is 22.6 Å². The Morgan fingerprint density at radius 1 is 1.38 bits per heavy atom. The van der Waals surface area contributed by atoms with Crippen LogP contribution in [0.2, 0.25) is 0 Å². The van der Waals surface area contributed by atoms with Crippen LogP contribution >= 0.6 is 11.3 Å². The summed E-state index contributed by atoms with van der Waals surface area (Å²) >= 11 is 1.39. The molecule has 0 bridgehead atoms. The lowest BCUT2D eigenvalue weighted by atomic mass is 9.86. The summed E-state index contributed by atoms with van der Waals surface area (Å²) in [5.41, 5.74) is -0.116. The molecule has 0 aliphatic heterocycles. The van der Waals surface area contributed by atoms with Gasteiger partial charge in [0, 0.05) is 30.9 Å². The van der Waals surface area contributed by atoms with Crippen molar-refractivity contribution >= 4 is 22.2 Å². The molecule has 6 heteroatoms. The van der Waals surface area contributed by atoms with E-state index in [0.717, 1.165) is 31.6 Å². The lowest BCUT2D eigenvalue weighted by Crippen LogP contribution is -2.41. The van der Waals surface area contributed by atoms with E-state index in [0.29, 0.717) is 4.96 Å². The topological polar surface area (TPSA) is 54.7 Å². The standard InChI is InChI=1S/C15H19N3O2S/c1-10-3-5-11(6-4-10)17(2)13(19)12-9-16-15-18(14(12)20)7-8-21-15/h7-11H,3-6H2,1-2H3. The fourth-order valence-electron chi connectivity index (χ4n) is 2.96. The monoisotopic (exact) mass is 305 g/mol. The summed E-state index contributed by atoms with van der Waals surface area (Å²) < 4.78 is 1.44. The molecule has 2 aromatic heterocycles. The average Bonchev–Trinajstić information content (AvgIpc) is 2.96. The quantitative estimate of drug-likeness (QED) is 0.856. The Balaban J connectivity index is 1.86. The number of hydrogen-bond donors (Lipinski definition) is 0. The van der Waals surface area contributed by atoms with E-state index in [-0.39, 0.29) is 23.1 Å². The van der Waals surface area contributed by atoms with Gasteiger partial charge in [-0.3, -0.25) is 14.0 Å². The van der Waals surface area contributed by atoms with Gasteiger partial charge in [-0.25, -0.2) is 4.98 Å². The summed E-state index contributed by atoms with van der Waals surface area (Å²) in [5.74, 6) is 0.520. The molecule has 0 radical (unpaired) electrons. The molecule has 0 N–H and O–H groups in total. The van der Waals surface area contributed by atoms with Gasteiger partial charge < -0.3 is 4.90 Å². The largest absolute Gasteiger partial charge is 0.339 e. The van der Waals surface area contributed by atoms with Gasteiger partial charge in [-0.15, -0.1) is 11.3 Å².